The van der Waals surface area contributed by atoms with Gasteiger partial charge in [-0.3, -0.25) is 14.4 Å². The third-order valence-electron chi connectivity index (χ3n) is 6.39. The predicted molar refractivity (Wildman–Crippen MR) is 92.5 cm³/mol. The van der Waals surface area contributed by atoms with Gasteiger partial charge >= 0.3 is 17.8 Å². The Morgan fingerprint density at radius 3 is 2.40 bits per heavy atom. The first-order valence-corrected chi connectivity index (χ1v) is 9.76. The van der Waals surface area contributed by atoms with Crippen molar-refractivity contribution in [3.8, 4) is 0 Å². The standard InChI is InChI=1S/C19H30N2O4/c1-3-25-19(24)14-6-8-21(9-7-14)18(23)17(22)20-12(2)16-11-13-4-5-15(16)10-13/h12-16H,3-11H2,1-2H3,(H,20,22). The molecular weight excluding hydrogens is 320 g/mol. The molecule has 3 fully saturated rings. The van der Waals surface area contributed by atoms with Crippen LogP contribution < -0.4 is 5.32 Å². The summed E-state index contributed by atoms with van der Waals surface area (Å²) in [5, 5.41) is 2.94. The van der Waals surface area contributed by atoms with Crippen molar-refractivity contribution in [3.05, 3.63) is 0 Å². The molecule has 2 amide bonds. The number of carbonyl (C=O) groups excluding carboxylic acids is 3. The number of esters is 1. The second-order valence-corrected chi connectivity index (χ2v) is 7.92. The molecule has 2 saturated carbocycles. The normalized spacial score (nSPS) is 30.2. The van der Waals surface area contributed by atoms with Crippen molar-refractivity contribution in [3.63, 3.8) is 0 Å². The van der Waals surface area contributed by atoms with E-state index in [9.17, 15) is 14.4 Å². The van der Waals surface area contributed by atoms with Gasteiger partial charge in [0.2, 0.25) is 0 Å². The summed E-state index contributed by atoms with van der Waals surface area (Å²) in [6, 6.07) is 0.0591. The summed E-state index contributed by atoms with van der Waals surface area (Å²) in [7, 11) is 0. The SMILES string of the molecule is CCOC(=O)C1CCN(C(=O)C(=O)NC(C)C2CC3CCC2C3)CC1. The number of fused-ring (bicyclic) bond motifs is 2. The van der Waals surface area contributed by atoms with Crippen LogP contribution in [0.5, 0.6) is 0 Å². The lowest BCUT2D eigenvalue weighted by atomic mass is 9.84. The zero-order valence-corrected chi connectivity index (χ0v) is 15.3. The molecular formula is C19H30N2O4. The number of nitrogens with zero attached hydrogens (tertiary/aromatic N) is 1. The zero-order chi connectivity index (χ0) is 18.0. The van der Waals surface area contributed by atoms with Gasteiger partial charge in [0.25, 0.3) is 0 Å². The van der Waals surface area contributed by atoms with Crippen LogP contribution in [0.1, 0.15) is 52.4 Å². The lowest BCUT2D eigenvalue weighted by Gasteiger charge is -2.32. The van der Waals surface area contributed by atoms with Crippen molar-refractivity contribution in [2.24, 2.45) is 23.7 Å². The van der Waals surface area contributed by atoms with E-state index in [4.69, 9.17) is 4.74 Å². The number of likely N-dealkylation sites (tertiary alicyclic amines) is 1. The molecule has 3 rings (SSSR count). The highest BCUT2D eigenvalue weighted by Gasteiger charge is 2.42. The smallest absolute Gasteiger partial charge is 0.311 e. The second kappa shape index (κ2) is 7.75. The summed E-state index contributed by atoms with van der Waals surface area (Å²) < 4.78 is 5.04. The number of amides is 2. The molecule has 0 radical (unpaired) electrons. The third kappa shape index (κ3) is 3.98. The second-order valence-electron chi connectivity index (χ2n) is 7.92. The monoisotopic (exact) mass is 350 g/mol. The van der Waals surface area contributed by atoms with Gasteiger partial charge in [-0.25, -0.2) is 0 Å². The minimum Gasteiger partial charge on any atom is -0.466 e. The van der Waals surface area contributed by atoms with Gasteiger partial charge in [0.05, 0.1) is 12.5 Å². The molecule has 140 valence electrons. The Morgan fingerprint density at radius 2 is 1.84 bits per heavy atom. The molecule has 1 N–H and O–H groups in total. The van der Waals surface area contributed by atoms with E-state index in [-0.39, 0.29) is 17.9 Å². The number of carbonyl (C=O) groups is 3. The Bertz CT molecular complexity index is 528. The molecule has 0 aromatic heterocycles. The molecule has 3 aliphatic rings. The molecule has 0 aromatic carbocycles. The molecule has 4 atom stereocenters. The highest BCUT2D eigenvalue weighted by molar-refractivity contribution is 6.35. The molecule has 2 aliphatic carbocycles. The van der Waals surface area contributed by atoms with Gasteiger partial charge < -0.3 is 15.0 Å². The maximum atomic E-state index is 12.4. The van der Waals surface area contributed by atoms with Gasteiger partial charge in [-0.1, -0.05) is 6.42 Å². The molecule has 0 spiro atoms. The van der Waals surface area contributed by atoms with Gasteiger partial charge in [-0.05, 0) is 63.7 Å². The fourth-order valence-corrected chi connectivity index (χ4v) is 5.00. The van der Waals surface area contributed by atoms with Crippen molar-refractivity contribution >= 4 is 17.8 Å². The molecule has 0 aromatic rings. The number of hydrogen-bond donors (Lipinski definition) is 1. The summed E-state index contributed by atoms with van der Waals surface area (Å²) in [5.74, 6) is 0.763. The summed E-state index contributed by atoms with van der Waals surface area (Å²) in [6.07, 6.45) is 6.21. The Labute approximate surface area is 149 Å². The van der Waals surface area contributed by atoms with E-state index in [1.165, 1.54) is 25.7 Å². The van der Waals surface area contributed by atoms with Crippen LogP contribution in [0.2, 0.25) is 0 Å². The first-order valence-electron chi connectivity index (χ1n) is 9.76. The van der Waals surface area contributed by atoms with Crippen LogP contribution in [0.4, 0.5) is 0 Å². The first-order chi connectivity index (χ1) is 12.0. The van der Waals surface area contributed by atoms with Gasteiger partial charge in [0.15, 0.2) is 0 Å². The van der Waals surface area contributed by atoms with E-state index in [0.29, 0.717) is 38.5 Å². The van der Waals surface area contributed by atoms with Crippen LogP contribution in [-0.4, -0.2) is 48.4 Å². The van der Waals surface area contributed by atoms with E-state index in [2.05, 4.69) is 5.32 Å². The van der Waals surface area contributed by atoms with E-state index in [1.807, 2.05) is 6.92 Å². The number of rotatable bonds is 4. The van der Waals surface area contributed by atoms with Gasteiger partial charge in [-0.2, -0.15) is 0 Å². The Morgan fingerprint density at radius 1 is 1.12 bits per heavy atom. The van der Waals surface area contributed by atoms with E-state index < -0.39 is 11.8 Å². The van der Waals surface area contributed by atoms with Gasteiger partial charge in [0.1, 0.15) is 0 Å². The first kappa shape index (κ1) is 18.2. The summed E-state index contributed by atoms with van der Waals surface area (Å²) in [6.45, 7) is 5.08. The molecule has 6 nitrogen and oxygen atoms in total. The molecule has 6 heteroatoms. The van der Waals surface area contributed by atoms with Gasteiger partial charge in [-0.15, -0.1) is 0 Å². The highest BCUT2D eigenvalue weighted by atomic mass is 16.5. The van der Waals surface area contributed by atoms with E-state index in [1.54, 1.807) is 11.8 Å². The molecule has 25 heavy (non-hydrogen) atoms. The van der Waals surface area contributed by atoms with Crippen LogP contribution in [-0.2, 0) is 19.1 Å². The summed E-state index contributed by atoms with van der Waals surface area (Å²) in [5.41, 5.74) is 0. The number of hydrogen-bond acceptors (Lipinski definition) is 4. The quantitative estimate of drug-likeness (QED) is 0.619. The van der Waals surface area contributed by atoms with Crippen LogP contribution in [0.3, 0.4) is 0 Å². The lowest BCUT2D eigenvalue weighted by Crippen LogP contribution is -2.50. The number of piperidine rings is 1. The summed E-state index contributed by atoms with van der Waals surface area (Å²) >= 11 is 0. The summed E-state index contributed by atoms with van der Waals surface area (Å²) in [4.78, 5) is 38.1. The van der Waals surface area contributed by atoms with Crippen molar-refractivity contribution < 1.29 is 19.1 Å². The largest absolute Gasteiger partial charge is 0.466 e. The minimum absolute atomic E-state index is 0.0591. The maximum Gasteiger partial charge on any atom is 0.311 e. The van der Waals surface area contributed by atoms with Crippen molar-refractivity contribution in [2.45, 2.75) is 58.4 Å². The average molecular weight is 350 g/mol. The number of nitrogens with one attached hydrogen (secondary N) is 1. The zero-order valence-electron chi connectivity index (χ0n) is 15.3. The van der Waals surface area contributed by atoms with Crippen molar-refractivity contribution in [1.29, 1.82) is 0 Å². The topological polar surface area (TPSA) is 75.7 Å². The van der Waals surface area contributed by atoms with Gasteiger partial charge in [0, 0.05) is 19.1 Å². The third-order valence-corrected chi connectivity index (χ3v) is 6.39. The van der Waals surface area contributed by atoms with Crippen LogP contribution >= 0.6 is 0 Å². The number of ether oxygens (including phenoxy) is 1. The Balaban J connectivity index is 1.45. The Kier molecular flexibility index (Phi) is 5.64. The maximum absolute atomic E-state index is 12.4. The average Bonchev–Trinajstić information content (AvgIpc) is 3.24. The molecule has 1 saturated heterocycles. The molecule has 1 aliphatic heterocycles. The minimum atomic E-state index is -0.496. The van der Waals surface area contributed by atoms with Crippen LogP contribution in [0.25, 0.3) is 0 Å². The molecule has 2 bridgehead atoms. The van der Waals surface area contributed by atoms with Crippen LogP contribution in [0.15, 0.2) is 0 Å². The molecule has 1 heterocycles. The lowest BCUT2D eigenvalue weighted by molar-refractivity contribution is -0.153. The van der Waals surface area contributed by atoms with Crippen molar-refractivity contribution in [2.75, 3.05) is 19.7 Å². The van der Waals surface area contributed by atoms with Crippen LogP contribution in [0, 0.1) is 23.7 Å². The fourth-order valence-electron chi connectivity index (χ4n) is 5.00. The van der Waals surface area contributed by atoms with E-state index in [0.717, 1.165) is 11.8 Å². The van der Waals surface area contributed by atoms with Crippen molar-refractivity contribution in [1.82, 2.24) is 10.2 Å². The predicted octanol–water partition coefficient (Wildman–Crippen LogP) is 1.73. The molecule has 4 unspecified atom stereocenters. The van der Waals surface area contributed by atoms with E-state index >= 15 is 0 Å². The Hall–Kier alpha value is -1.59. The fraction of sp³-hybridized carbons (Fsp3) is 0.842. The highest BCUT2D eigenvalue weighted by Crippen LogP contribution is 2.49.